The molecule has 254 valence electrons. The molecule has 1 unspecified atom stereocenters. The minimum absolute atomic E-state index is 0.0840. The Hall–Kier alpha value is -3.20. The maximum atomic E-state index is 13.3. The molecule has 0 N–H and O–H groups in total. The Bertz CT molecular complexity index is 1200. The van der Waals surface area contributed by atoms with Gasteiger partial charge in [-0.15, -0.1) is 0 Å². The Labute approximate surface area is 277 Å². The first kappa shape index (κ1) is 35.7. The van der Waals surface area contributed by atoms with Crippen molar-refractivity contribution in [2.45, 2.75) is 116 Å². The van der Waals surface area contributed by atoms with E-state index in [1.807, 2.05) is 55.1 Å². The van der Waals surface area contributed by atoms with Crippen molar-refractivity contribution >= 4 is 18.0 Å². The fourth-order valence-electron chi connectivity index (χ4n) is 6.70. The molecule has 1 aliphatic carbocycles. The quantitative estimate of drug-likeness (QED) is 0.136. The SMILES string of the molecule is C/C(=C\C=C\C(C)c1ccnc(N(C)C)n1)[C@H]1OC(=O)CCCCC[C@H](OC(=O)N2CCN(C3CCCCCC3)CC2)/C=C/[C@@H]1C. The molecule has 9 heteroatoms. The van der Waals surface area contributed by atoms with Gasteiger partial charge in [0.05, 0.1) is 5.69 Å². The van der Waals surface area contributed by atoms with Crippen LogP contribution in [0, 0.1) is 5.92 Å². The molecule has 0 spiro atoms. The van der Waals surface area contributed by atoms with Crippen molar-refractivity contribution in [3.05, 3.63) is 53.9 Å². The van der Waals surface area contributed by atoms with Crippen molar-refractivity contribution in [3.63, 3.8) is 0 Å². The Morgan fingerprint density at radius 1 is 1.02 bits per heavy atom. The van der Waals surface area contributed by atoms with Crippen LogP contribution in [-0.4, -0.2) is 90.4 Å². The van der Waals surface area contributed by atoms with Gasteiger partial charge in [0.2, 0.25) is 5.95 Å². The molecule has 0 bridgehead atoms. The molecule has 4 atom stereocenters. The Morgan fingerprint density at radius 2 is 1.72 bits per heavy atom. The van der Waals surface area contributed by atoms with E-state index in [1.54, 1.807) is 6.20 Å². The first-order chi connectivity index (χ1) is 22.2. The number of carbonyl (C=O) groups excluding carboxylic acids is 2. The highest BCUT2D eigenvalue weighted by molar-refractivity contribution is 5.70. The summed E-state index contributed by atoms with van der Waals surface area (Å²) >= 11 is 0. The van der Waals surface area contributed by atoms with E-state index in [9.17, 15) is 9.59 Å². The molecule has 4 rings (SSSR count). The number of cyclic esters (lactones) is 1. The van der Waals surface area contributed by atoms with Crippen LogP contribution in [0.2, 0.25) is 0 Å². The molecule has 0 aromatic carbocycles. The maximum Gasteiger partial charge on any atom is 0.410 e. The van der Waals surface area contributed by atoms with Crippen molar-refractivity contribution in [2.75, 3.05) is 45.2 Å². The fourth-order valence-corrected chi connectivity index (χ4v) is 6.70. The maximum absolute atomic E-state index is 13.3. The zero-order valence-electron chi connectivity index (χ0n) is 28.9. The average Bonchev–Trinajstić information content (AvgIpc) is 3.35. The second-order valence-electron chi connectivity index (χ2n) is 13.6. The molecular weight excluding hydrogens is 578 g/mol. The second-order valence-corrected chi connectivity index (χ2v) is 13.6. The average molecular weight is 636 g/mol. The molecule has 1 aromatic rings. The van der Waals surface area contributed by atoms with Gasteiger partial charge in [-0.1, -0.05) is 70.3 Å². The van der Waals surface area contributed by atoms with E-state index in [2.05, 4.69) is 40.9 Å². The van der Waals surface area contributed by atoms with E-state index in [4.69, 9.17) is 9.47 Å². The van der Waals surface area contributed by atoms with Crippen LogP contribution in [0.25, 0.3) is 0 Å². The summed E-state index contributed by atoms with van der Waals surface area (Å²) in [6.45, 7) is 9.47. The highest BCUT2D eigenvalue weighted by atomic mass is 16.6. The van der Waals surface area contributed by atoms with Gasteiger partial charge in [0, 0.05) is 70.8 Å². The van der Waals surface area contributed by atoms with E-state index < -0.39 is 6.10 Å². The van der Waals surface area contributed by atoms with Gasteiger partial charge in [-0.3, -0.25) is 9.69 Å². The van der Waals surface area contributed by atoms with Gasteiger partial charge < -0.3 is 19.3 Å². The number of allylic oxidation sites excluding steroid dienone is 3. The smallest absolute Gasteiger partial charge is 0.410 e. The van der Waals surface area contributed by atoms with Crippen LogP contribution in [-0.2, 0) is 14.3 Å². The normalized spacial score (nSPS) is 26.4. The van der Waals surface area contributed by atoms with Crippen LogP contribution in [0.3, 0.4) is 0 Å². The highest BCUT2D eigenvalue weighted by Gasteiger charge is 2.29. The lowest BCUT2D eigenvalue weighted by Gasteiger charge is -2.39. The number of rotatable bonds is 7. The van der Waals surface area contributed by atoms with Gasteiger partial charge in [-0.25, -0.2) is 14.8 Å². The van der Waals surface area contributed by atoms with Crippen molar-refractivity contribution in [2.24, 2.45) is 5.92 Å². The number of carbonyl (C=O) groups is 2. The van der Waals surface area contributed by atoms with Crippen molar-refractivity contribution in [1.82, 2.24) is 19.8 Å². The minimum atomic E-state index is -0.407. The van der Waals surface area contributed by atoms with E-state index in [-0.39, 0.29) is 30.0 Å². The summed E-state index contributed by atoms with van der Waals surface area (Å²) in [5.74, 6) is 0.525. The molecule has 1 amide bonds. The number of hydrogen-bond acceptors (Lipinski definition) is 8. The third kappa shape index (κ3) is 11.0. The van der Waals surface area contributed by atoms with Gasteiger partial charge in [-0.05, 0) is 56.7 Å². The summed E-state index contributed by atoms with van der Waals surface area (Å²) in [7, 11) is 3.86. The number of nitrogens with zero attached hydrogens (tertiary/aromatic N) is 5. The topological polar surface area (TPSA) is 88.1 Å². The van der Waals surface area contributed by atoms with Crippen molar-refractivity contribution in [1.29, 1.82) is 0 Å². The summed E-state index contributed by atoms with van der Waals surface area (Å²) in [6, 6.07) is 2.60. The zero-order chi connectivity index (χ0) is 32.9. The summed E-state index contributed by atoms with van der Waals surface area (Å²) < 4.78 is 12.1. The van der Waals surface area contributed by atoms with Crippen molar-refractivity contribution < 1.29 is 19.1 Å². The van der Waals surface area contributed by atoms with Crippen LogP contribution >= 0.6 is 0 Å². The van der Waals surface area contributed by atoms with Gasteiger partial charge in [-0.2, -0.15) is 0 Å². The first-order valence-electron chi connectivity index (χ1n) is 17.6. The molecule has 0 radical (unpaired) electrons. The van der Waals surface area contributed by atoms with Gasteiger partial charge in [0.15, 0.2) is 0 Å². The fraction of sp³-hybridized carbons (Fsp3) is 0.676. The molecule has 9 nitrogen and oxygen atoms in total. The summed E-state index contributed by atoms with van der Waals surface area (Å²) in [5.41, 5.74) is 1.90. The van der Waals surface area contributed by atoms with Gasteiger partial charge in [0.1, 0.15) is 12.2 Å². The Balaban J connectivity index is 1.37. The largest absolute Gasteiger partial charge is 0.457 e. The second kappa shape index (κ2) is 18.2. The van der Waals surface area contributed by atoms with E-state index >= 15 is 0 Å². The number of piperazine rings is 1. The van der Waals surface area contributed by atoms with Gasteiger partial charge >= 0.3 is 12.1 Å². The van der Waals surface area contributed by atoms with Crippen molar-refractivity contribution in [3.8, 4) is 0 Å². The predicted octanol–water partition coefficient (Wildman–Crippen LogP) is 7.06. The standard InChI is InChI=1S/C37H57N5O4/c1-28(33-22-23-38-36(39-33)40(4)5)14-13-15-29(2)35-30(3)20-21-32(18-11-8-12-19-34(43)46-35)45-37(44)42-26-24-41(25-27-42)31-16-9-6-7-10-17-31/h13-15,20-23,28,30-32,35H,6-12,16-19,24-27H2,1-5H3/b14-13+,21-20+,29-15+/t28?,30-,32-,35+/m0/s1. The number of anilines is 1. The van der Waals surface area contributed by atoms with E-state index in [0.717, 1.165) is 63.1 Å². The molecule has 3 heterocycles. The van der Waals surface area contributed by atoms with Gasteiger partial charge in [0.25, 0.3) is 0 Å². The molecule has 1 saturated heterocycles. The molecule has 3 aliphatic rings. The predicted molar refractivity (Wildman–Crippen MR) is 184 cm³/mol. The molecule has 2 fully saturated rings. The number of esters is 1. The van der Waals surface area contributed by atoms with Crippen LogP contribution in [0.15, 0.2) is 48.2 Å². The molecule has 1 saturated carbocycles. The monoisotopic (exact) mass is 635 g/mol. The lowest BCUT2D eigenvalue weighted by atomic mass is 9.95. The van der Waals surface area contributed by atoms with Crippen LogP contribution in [0.1, 0.15) is 103 Å². The summed E-state index contributed by atoms with van der Waals surface area (Å²) in [5, 5.41) is 0. The Kier molecular flexibility index (Phi) is 14.1. The molecular formula is C37H57N5O4. The number of hydrogen-bond donors (Lipinski definition) is 0. The number of ether oxygens (including phenoxy) is 2. The molecule has 1 aromatic heterocycles. The highest BCUT2D eigenvalue weighted by Crippen LogP contribution is 2.25. The Morgan fingerprint density at radius 3 is 2.43 bits per heavy atom. The lowest BCUT2D eigenvalue weighted by Crippen LogP contribution is -2.52. The minimum Gasteiger partial charge on any atom is -0.457 e. The van der Waals surface area contributed by atoms with E-state index in [0.29, 0.717) is 18.4 Å². The third-order valence-electron chi connectivity index (χ3n) is 9.64. The number of amides is 1. The molecule has 46 heavy (non-hydrogen) atoms. The van der Waals surface area contributed by atoms with E-state index in [1.165, 1.54) is 38.5 Å². The third-order valence-corrected chi connectivity index (χ3v) is 9.64. The van der Waals surface area contributed by atoms with Crippen LogP contribution in [0.4, 0.5) is 10.7 Å². The molecule has 2 aliphatic heterocycles. The lowest BCUT2D eigenvalue weighted by molar-refractivity contribution is -0.148. The zero-order valence-corrected chi connectivity index (χ0v) is 28.9. The first-order valence-corrected chi connectivity index (χ1v) is 17.6. The van der Waals surface area contributed by atoms with Crippen LogP contribution in [0.5, 0.6) is 0 Å². The summed E-state index contributed by atoms with van der Waals surface area (Å²) in [4.78, 5) is 41.3. The number of aromatic nitrogens is 2. The summed E-state index contributed by atoms with van der Waals surface area (Å²) in [6.07, 6.45) is 22.7. The van der Waals surface area contributed by atoms with Crippen LogP contribution < -0.4 is 4.90 Å².